The summed E-state index contributed by atoms with van der Waals surface area (Å²) >= 11 is 0. The first-order valence-corrected chi connectivity index (χ1v) is 8.96. The SMILES string of the molecule is CC1=Cc2cc3nccc(Nc4cc(O)ccc4F)c3cc2S1(=O)=O. The van der Waals surface area contributed by atoms with Crippen molar-refractivity contribution in [1.29, 1.82) is 0 Å². The van der Waals surface area contributed by atoms with Gasteiger partial charge in [-0.2, -0.15) is 0 Å². The summed E-state index contributed by atoms with van der Waals surface area (Å²) in [6.07, 6.45) is 3.17. The lowest BCUT2D eigenvalue weighted by molar-refractivity contribution is 0.473. The average molecular weight is 356 g/mol. The third kappa shape index (κ3) is 2.44. The van der Waals surface area contributed by atoms with E-state index in [1.807, 2.05) is 0 Å². The number of phenolic OH excluding ortho intramolecular Hbond substituents is 1. The molecular weight excluding hydrogens is 343 g/mol. The van der Waals surface area contributed by atoms with Crippen LogP contribution in [0.15, 0.2) is 52.4 Å². The Kier molecular flexibility index (Phi) is 3.30. The van der Waals surface area contributed by atoms with Crippen molar-refractivity contribution in [2.45, 2.75) is 11.8 Å². The molecule has 4 rings (SSSR count). The molecule has 7 heteroatoms. The molecule has 126 valence electrons. The molecule has 0 spiro atoms. The number of nitrogens with one attached hydrogen (secondary N) is 1. The molecule has 25 heavy (non-hydrogen) atoms. The van der Waals surface area contributed by atoms with E-state index in [1.165, 1.54) is 12.1 Å². The van der Waals surface area contributed by atoms with Gasteiger partial charge in [0.05, 0.1) is 16.1 Å². The number of benzene rings is 2. The van der Waals surface area contributed by atoms with Crippen LogP contribution in [0.1, 0.15) is 12.5 Å². The monoisotopic (exact) mass is 356 g/mol. The summed E-state index contributed by atoms with van der Waals surface area (Å²) in [4.78, 5) is 4.76. The number of hydrogen-bond acceptors (Lipinski definition) is 5. The van der Waals surface area contributed by atoms with Gasteiger partial charge in [-0.3, -0.25) is 4.98 Å². The number of anilines is 2. The van der Waals surface area contributed by atoms with Gasteiger partial charge in [0.25, 0.3) is 0 Å². The Bertz CT molecular complexity index is 1170. The zero-order valence-electron chi connectivity index (χ0n) is 13.1. The number of rotatable bonds is 2. The maximum absolute atomic E-state index is 14.0. The van der Waals surface area contributed by atoms with E-state index < -0.39 is 15.7 Å². The molecule has 0 fully saturated rings. The van der Waals surface area contributed by atoms with Crippen LogP contribution in [0.3, 0.4) is 0 Å². The van der Waals surface area contributed by atoms with Gasteiger partial charge in [0.15, 0.2) is 0 Å². The third-order valence-corrected chi connectivity index (χ3v) is 6.06. The van der Waals surface area contributed by atoms with Crippen LogP contribution in [0.4, 0.5) is 15.8 Å². The standard InChI is InChI=1S/C18H13FN2O3S/c1-10-6-11-7-16-13(9-18(11)25(10,23)24)15(4-5-20-16)21-17-8-12(22)2-3-14(17)19/h2-9,22H,1H3,(H,20,21). The molecule has 2 aromatic carbocycles. The van der Waals surface area contributed by atoms with Gasteiger partial charge >= 0.3 is 0 Å². The minimum Gasteiger partial charge on any atom is -0.508 e. The molecule has 5 nitrogen and oxygen atoms in total. The van der Waals surface area contributed by atoms with E-state index in [9.17, 15) is 17.9 Å². The van der Waals surface area contributed by atoms with Crippen LogP contribution in [0.25, 0.3) is 17.0 Å². The fraction of sp³-hybridized carbons (Fsp3) is 0.0556. The third-order valence-electron chi connectivity index (χ3n) is 4.16. The lowest BCUT2D eigenvalue weighted by atomic mass is 10.1. The molecule has 0 saturated carbocycles. The summed E-state index contributed by atoms with van der Waals surface area (Å²) in [6.45, 7) is 1.55. The topological polar surface area (TPSA) is 79.3 Å². The second-order valence-corrected chi connectivity index (χ2v) is 7.90. The van der Waals surface area contributed by atoms with Crippen LogP contribution in [0.5, 0.6) is 5.75 Å². The number of fused-ring (bicyclic) bond motifs is 2. The summed E-state index contributed by atoms with van der Waals surface area (Å²) in [5.74, 6) is -0.611. The molecule has 0 bridgehead atoms. The second-order valence-electron chi connectivity index (χ2n) is 5.81. The predicted octanol–water partition coefficient (Wildman–Crippen LogP) is 3.97. The Morgan fingerprint density at radius 2 is 1.92 bits per heavy atom. The van der Waals surface area contributed by atoms with E-state index in [1.54, 1.807) is 37.4 Å². The van der Waals surface area contributed by atoms with Crippen LogP contribution in [0.2, 0.25) is 0 Å². The molecule has 0 unspecified atom stereocenters. The largest absolute Gasteiger partial charge is 0.508 e. The van der Waals surface area contributed by atoms with Gasteiger partial charge in [-0.15, -0.1) is 0 Å². The summed E-state index contributed by atoms with van der Waals surface area (Å²) < 4.78 is 38.7. The molecule has 0 saturated heterocycles. The lowest BCUT2D eigenvalue weighted by Gasteiger charge is -2.12. The van der Waals surface area contributed by atoms with Crippen LogP contribution in [-0.4, -0.2) is 18.5 Å². The van der Waals surface area contributed by atoms with E-state index in [0.717, 1.165) is 6.07 Å². The minimum atomic E-state index is -3.49. The molecule has 1 aliphatic rings. The number of sulfone groups is 1. The highest BCUT2D eigenvalue weighted by Crippen LogP contribution is 2.37. The van der Waals surface area contributed by atoms with E-state index in [0.29, 0.717) is 22.2 Å². The molecule has 0 amide bonds. The first kappa shape index (κ1) is 15.6. The van der Waals surface area contributed by atoms with Gasteiger partial charge in [0, 0.05) is 28.2 Å². The van der Waals surface area contributed by atoms with Crippen molar-refractivity contribution >= 4 is 38.2 Å². The van der Waals surface area contributed by atoms with Gasteiger partial charge in [-0.05, 0) is 48.9 Å². The highest BCUT2D eigenvalue weighted by atomic mass is 32.2. The Hall–Kier alpha value is -2.93. The lowest BCUT2D eigenvalue weighted by Crippen LogP contribution is -2.00. The van der Waals surface area contributed by atoms with Crippen molar-refractivity contribution in [2.24, 2.45) is 0 Å². The van der Waals surface area contributed by atoms with Crippen molar-refractivity contribution < 1.29 is 17.9 Å². The van der Waals surface area contributed by atoms with Crippen LogP contribution in [-0.2, 0) is 9.84 Å². The molecule has 0 atom stereocenters. The molecule has 1 aromatic heterocycles. The van der Waals surface area contributed by atoms with Crippen molar-refractivity contribution in [3.63, 3.8) is 0 Å². The summed E-state index contributed by atoms with van der Waals surface area (Å²) in [5.41, 5.74) is 1.77. The number of aromatic nitrogens is 1. The highest BCUT2D eigenvalue weighted by molar-refractivity contribution is 7.95. The first-order valence-electron chi connectivity index (χ1n) is 7.48. The molecule has 0 radical (unpaired) electrons. The number of pyridine rings is 1. The normalized spacial score (nSPS) is 15.0. The summed E-state index contributed by atoms with van der Waals surface area (Å²) in [6, 6.07) is 8.53. The van der Waals surface area contributed by atoms with Crippen LogP contribution < -0.4 is 5.32 Å². The van der Waals surface area contributed by atoms with Gasteiger partial charge in [-0.25, -0.2) is 12.8 Å². The fourth-order valence-corrected chi connectivity index (χ4v) is 4.20. The van der Waals surface area contributed by atoms with Crippen molar-refractivity contribution in [3.8, 4) is 5.75 Å². The van der Waals surface area contributed by atoms with Crippen LogP contribution in [0, 0.1) is 5.82 Å². The molecule has 3 aromatic rings. The zero-order valence-corrected chi connectivity index (χ0v) is 13.9. The number of aromatic hydroxyl groups is 1. The van der Waals surface area contributed by atoms with Gasteiger partial charge in [0.1, 0.15) is 11.6 Å². The van der Waals surface area contributed by atoms with E-state index >= 15 is 0 Å². The van der Waals surface area contributed by atoms with Crippen molar-refractivity contribution in [1.82, 2.24) is 4.98 Å². The Morgan fingerprint density at radius 3 is 2.72 bits per heavy atom. The highest BCUT2D eigenvalue weighted by Gasteiger charge is 2.27. The Morgan fingerprint density at radius 1 is 1.12 bits per heavy atom. The molecule has 1 aliphatic heterocycles. The Balaban J connectivity index is 1.90. The summed E-state index contributed by atoms with van der Waals surface area (Å²) in [7, 11) is -3.49. The predicted molar refractivity (Wildman–Crippen MR) is 93.9 cm³/mol. The molecule has 0 aliphatic carbocycles. The quantitative estimate of drug-likeness (QED) is 0.726. The van der Waals surface area contributed by atoms with Gasteiger partial charge in [0.2, 0.25) is 9.84 Å². The first-order chi connectivity index (χ1) is 11.9. The smallest absolute Gasteiger partial charge is 0.203 e. The van der Waals surface area contributed by atoms with E-state index in [4.69, 9.17) is 0 Å². The molecular formula is C18H13FN2O3S. The maximum atomic E-state index is 14.0. The fourth-order valence-electron chi connectivity index (χ4n) is 2.87. The minimum absolute atomic E-state index is 0.0782. The number of nitrogens with zero attached hydrogens (tertiary/aromatic N) is 1. The number of hydrogen-bond donors (Lipinski definition) is 2. The van der Waals surface area contributed by atoms with Crippen molar-refractivity contribution in [2.75, 3.05) is 5.32 Å². The summed E-state index contributed by atoms with van der Waals surface area (Å²) in [5, 5.41) is 13.0. The zero-order chi connectivity index (χ0) is 17.8. The number of allylic oxidation sites excluding steroid dienone is 1. The van der Waals surface area contributed by atoms with E-state index in [2.05, 4.69) is 10.3 Å². The maximum Gasteiger partial charge on any atom is 0.203 e. The van der Waals surface area contributed by atoms with Crippen molar-refractivity contribution in [3.05, 3.63) is 58.9 Å². The second kappa shape index (κ2) is 5.29. The number of halogens is 1. The van der Waals surface area contributed by atoms with Crippen LogP contribution >= 0.6 is 0 Å². The Labute approximate surface area is 143 Å². The van der Waals surface area contributed by atoms with E-state index in [-0.39, 0.29) is 21.2 Å². The molecule has 2 N–H and O–H groups in total. The molecule has 2 heterocycles. The average Bonchev–Trinajstić information content (AvgIpc) is 2.79. The van der Waals surface area contributed by atoms with Gasteiger partial charge < -0.3 is 10.4 Å². The van der Waals surface area contributed by atoms with Gasteiger partial charge in [-0.1, -0.05) is 0 Å². The number of phenols is 1.